The van der Waals surface area contributed by atoms with Gasteiger partial charge in [0.2, 0.25) is 0 Å². The second-order valence-corrected chi connectivity index (χ2v) is 7.22. The second-order valence-electron chi connectivity index (χ2n) is 7.22. The van der Waals surface area contributed by atoms with E-state index < -0.39 is 0 Å². The monoisotopic (exact) mass is 254 g/mol. The fourth-order valence-electron chi connectivity index (χ4n) is 3.33. The van der Waals surface area contributed by atoms with Crippen LogP contribution in [0.25, 0.3) is 0 Å². The zero-order valence-corrected chi connectivity index (χ0v) is 13.2. The van der Waals surface area contributed by atoms with E-state index in [0.717, 1.165) is 18.4 Å². The summed E-state index contributed by atoms with van der Waals surface area (Å²) in [4.78, 5) is 2.67. The highest BCUT2D eigenvalue weighted by Gasteiger charge is 2.30. The van der Waals surface area contributed by atoms with Crippen LogP contribution in [0.5, 0.6) is 0 Å². The molecule has 2 nitrogen and oxygen atoms in total. The van der Waals surface area contributed by atoms with Crippen molar-refractivity contribution in [2.75, 3.05) is 19.6 Å². The Kier molecular flexibility index (Phi) is 6.13. The standard InChI is InChI=1S/C16H34N2/c1-6-13(2)15(12-17)18-10-7-8-14(9-11-18)16(3,4)5/h13-15H,6-12,17H2,1-5H3. The maximum atomic E-state index is 6.01. The number of hydrogen-bond acceptors (Lipinski definition) is 2. The molecule has 1 aliphatic rings. The van der Waals surface area contributed by atoms with Crippen molar-refractivity contribution in [2.45, 2.75) is 66.3 Å². The molecule has 1 fully saturated rings. The summed E-state index contributed by atoms with van der Waals surface area (Å²) >= 11 is 0. The van der Waals surface area contributed by atoms with E-state index in [4.69, 9.17) is 5.73 Å². The van der Waals surface area contributed by atoms with E-state index in [1.165, 1.54) is 38.8 Å². The van der Waals surface area contributed by atoms with Gasteiger partial charge in [0.25, 0.3) is 0 Å². The molecule has 1 rings (SSSR count). The normalized spacial score (nSPS) is 26.7. The number of hydrogen-bond donors (Lipinski definition) is 1. The molecule has 0 spiro atoms. The Hall–Kier alpha value is -0.0800. The van der Waals surface area contributed by atoms with Gasteiger partial charge in [0, 0.05) is 12.6 Å². The van der Waals surface area contributed by atoms with Gasteiger partial charge in [-0.25, -0.2) is 0 Å². The van der Waals surface area contributed by atoms with Crippen molar-refractivity contribution in [1.82, 2.24) is 4.90 Å². The molecular weight excluding hydrogens is 220 g/mol. The summed E-state index contributed by atoms with van der Waals surface area (Å²) in [5.41, 5.74) is 6.47. The maximum Gasteiger partial charge on any atom is 0.0243 e. The van der Waals surface area contributed by atoms with Gasteiger partial charge in [0.05, 0.1) is 0 Å². The van der Waals surface area contributed by atoms with Crippen LogP contribution in [-0.2, 0) is 0 Å². The van der Waals surface area contributed by atoms with Crippen molar-refractivity contribution >= 4 is 0 Å². The second kappa shape index (κ2) is 6.91. The van der Waals surface area contributed by atoms with Gasteiger partial charge in [-0.3, -0.25) is 4.90 Å². The fraction of sp³-hybridized carbons (Fsp3) is 1.00. The smallest absolute Gasteiger partial charge is 0.0243 e. The molecule has 2 heteroatoms. The molecule has 0 saturated carbocycles. The summed E-state index contributed by atoms with van der Waals surface area (Å²) in [5.74, 6) is 1.60. The summed E-state index contributed by atoms with van der Waals surface area (Å²) in [6.45, 7) is 15.1. The molecule has 108 valence electrons. The van der Waals surface area contributed by atoms with E-state index in [9.17, 15) is 0 Å². The Morgan fingerprint density at radius 1 is 1.22 bits per heavy atom. The average molecular weight is 254 g/mol. The number of nitrogens with two attached hydrogens (primary N) is 1. The fourth-order valence-corrected chi connectivity index (χ4v) is 3.33. The summed E-state index contributed by atoms with van der Waals surface area (Å²) in [5, 5.41) is 0. The van der Waals surface area contributed by atoms with Crippen LogP contribution in [0.3, 0.4) is 0 Å². The zero-order valence-electron chi connectivity index (χ0n) is 13.2. The molecular formula is C16H34N2. The van der Waals surface area contributed by atoms with Crippen LogP contribution in [0.2, 0.25) is 0 Å². The van der Waals surface area contributed by atoms with Gasteiger partial charge in [0.1, 0.15) is 0 Å². The SMILES string of the molecule is CCC(C)C(CN)N1CCCC(C(C)(C)C)CC1. The lowest BCUT2D eigenvalue weighted by Gasteiger charge is -2.34. The molecule has 3 atom stereocenters. The summed E-state index contributed by atoms with van der Waals surface area (Å²) in [6, 6.07) is 0.591. The van der Waals surface area contributed by atoms with Crippen molar-refractivity contribution in [3.63, 3.8) is 0 Å². The molecule has 0 bridgehead atoms. The van der Waals surface area contributed by atoms with E-state index in [0.29, 0.717) is 11.5 Å². The van der Waals surface area contributed by atoms with Gasteiger partial charge in [-0.1, -0.05) is 41.0 Å². The highest BCUT2D eigenvalue weighted by atomic mass is 15.2. The maximum absolute atomic E-state index is 6.01. The summed E-state index contributed by atoms with van der Waals surface area (Å²) in [6.07, 6.45) is 5.31. The van der Waals surface area contributed by atoms with Crippen LogP contribution in [0.15, 0.2) is 0 Å². The zero-order chi connectivity index (χ0) is 13.8. The van der Waals surface area contributed by atoms with Crippen LogP contribution in [0.1, 0.15) is 60.3 Å². The quantitative estimate of drug-likeness (QED) is 0.832. The molecule has 1 heterocycles. The first-order chi connectivity index (χ1) is 8.40. The minimum absolute atomic E-state index is 0.463. The molecule has 1 aliphatic heterocycles. The van der Waals surface area contributed by atoms with Crippen LogP contribution >= 0.6 is 0 Å². The lowest BCUT2D eigenvalue weighted by molar-refractivity contribution is 0.146. The third-order valence-electron chi connectivity index (χ3n) is 5.00. The van der Waals surface area contributed by atoms with Crippen molar-refractivity contribution in [3.8, 4) is 0 Å². The Bertz CT molecular complexity index is 232. The van der Waals surface area contributed by atoms with Gasteiger partial charge in [-0.2, -0.15) is 0 Å². The first-order valence-corrected chi connectivity index (χ1v) is 7.84. The minimum Gasteiger partial charge on any atom is -0.329 e. The highest BCUT2D eigenvalue weighted by molar-refractivity contribution is 4.83. The van der Waals surface area contributed by atoms with Crippen LogP contribution < -0.4 is 5.73 Å². The van der Waals surface area contributed by atoms with Gasteiger partial charge < -0.3 is 5.73 Å². The van der Waals surface area contributed by atoms with Gasteiger partial charge in [-0.05, 0) is 49.6 Å². The average Bonchev–Trinajstić information content (AvgIpc) is 2.55. The summed E-state index contributed by atoms with van der Waals surface area (Å²) in [7, 11) is 0. The Morgan fingerprint density at radius 2 is 1.89 bits per heavy atom. The van der Waals surface area contributed by atoms with Crippen LogP contribution in [-0.4, -0.2) is 30.6 Å². The lowest BCUT2D eigenvalue weighted by atomic mass is 9.77. The topological polar surface area (TPSA) is 29.3 Å². The van der Waals surface area contributed by atoms with E-state index in [1.54, 1.807) is 0 Å². The Morgan fingerprint density at radius 3 is 2.39 bits per heavy atom. The molecule has 1 saturated heterocycles. The predicted molar refractivity (Wildman–Crippen MR) is 80.7 cm³/mol. The molecule has 0 radical (unpaired) electrons. The summed E-state index contributed by atoms with van der Waals surface area (Å²) < 4.78 is 0. The van der Waals surface area contributed by atoms with Crippen molar-refractivity contribution in [2.24, 2.45) is 23.0 Å². The predicted octanol–water partition coefficient (Wildman–Crippen LogP) is 3.51. The number of likely N-dealkylation sites (tertiary alicyclic amines) is 1. The Balaban J connectivity index is 2.60. The first kappa shape index (κ1) is 16.0. The number of nitrogens with zero attached hydrogens (tertiary/aromatic N) is 1. The van der Waals surface area contributed by atoms with E-state index in [2.05, 4.69) is 39.5 Å². The third kappa shape index (κ3) is 4.24. The largest absolute Gasteiger partial charge is 0.329 e. The molecule has 18 heavy (non-hydrogen) atoms. The third-order valence-corrected chi connectivity index (χ3v) is 5.00. The highest BCUT2D eigenvalue weighted by Crippen LogP contribution is 2.35. The van der Waals surface area contributed by atoms with E-state index in [-0.39, 0.29) is 0 Å². The molecule has 0 amide bonds. The van der Waals surface area contributed by atoms with Crippen LogP contribution in [0.4, 0.5) is 0 Å². The molecule has 2 N–H and O–H groups in total. The Labute approximate surface area is 114 Å². The molecule has 0 aromatic rings. The number of rotatable bonds is 4. The van der Waals surface area contributed by atoms with Crippen molar-refractivity contribution in [3.05, 3.63) is 0 Å². The molecule has 3 unspecified atom stereocenters. The minimum atomic E-state index is 0.463. The van der Waals surface area contributed by atoms with Gasteiger partial charge >= 0.3 is 0 Å². The van der Waals surface area contributed by atoms with Gasteiger partial charge in [0.15, 0.2) is 0 Å². The van der Waals surface area contributed by atoms with E-state index in [1.807, 2.05) is 0 Å². The van der Waals surface area contributed by atoms with Gasteiger partial charge in [-0.15, -0.1) is 0 Å². The lowest BCUT2D eigenvalue weighted by Crippen LogP contribution is -2.45. The first-order valence-electron chi connectivity index (χ1n) is 7.84. The van der Waals surface area contributed by atoms with E-state index >= 15 is 0 Å². The molecule has 0 aromatic heterocycles. The van der Waals surface area contributed by atoms with Crippen molar-refractivity contribution in [1.29, 1.82) is 0 Å². The van der Waals surface area contributed by atoms with Crippen molar-refractivity contribution < 1.29 is 0 Å². The molecule has 0 aliphatic carbocycles. The molecule has 0 aromatic carbocycles. The van der Waals surface area contributed by atoms with Crippen LogP contribution in [0, 0.1) is 17.3 Å².